The Kier molecular flexibility index (Phi) is 8.86. The number of hydrogen-bond donors (Lipinski definition) is 0. The van der Waals surface area contributed by atoms with E-state index in [0.717, 1.165) is 72.8 Å². The SMILES string of the molecule is c1ccc(-c2cc(-c3ccc(-c4ccc(-n5c6ccccc6c6ccccc65)cc4)cc3)cc(-c3cc(-n4c5ccccc5c5ccccc54)cc(-n4c5ccccc5c5ccccc54)c3)n2)cc1. The maximum absolute atomic E-state index is 5.51. The molecular formula is C65H42N4. The molecule has 0 radical (unpaired) electrons. The molecule has 4 aromatic heterocycles. The molecule has 69 heavy (non-hydrogen) atoms. The highest BCUT2D eigenvalue weighted by molar-refractivity contribution is 6.11. The summed E-state index contributed by atoms with van der Waals surface area (Å²) in [6.45, 7) is 0. The first kappa shape index (κ1) is 39.0. The number of benzene rings is 10. The van der Waals surface area contributed by atoms with E-state index >= 15 is 0 Å². The zero-order valence-electron chi connectivity index (χ0n) is 37.5. The third kappa shape index (κ3) is 6.34. The van der Waals surface area contributed by atoms with E-state index in [1.165, 1.54) is 54.5 Å². The van der Waals surface area contributed by atoms with E-state index < -0.39 is 0 Å². The van der Waals surface area contributed by atoms with Crippen molar-refractivity contribution in [2.75, 3.05) is 0 Å². The van der Waals surface area contributed by atoms with Crippen molar-refractivity contribution in [1.82, 2.24) is 18.7 Å². The maximum Gasteiger partial charge on any atom is 0.0717 e. The molecule has 10 aromatic carbocycles. The van der Waals surface area contributed by atoms with Crippen molar-refractivity contribution in [2.24, 2.45) is 0 Å². The van der Waals surface area contributed by atoms with Gasteiger partial charge in [0.1, 0.15) is 0 Å². The van der Waals surface area contributed by atoms with Crippen LogP contribution in [0.25, 0.3) is 127 Å². The molecule has 0 aliphatic rings. The molecule has 0 spiro atoms. The summed E-state index contributed by atoms with van der Waals surface area (Å²) in [7, 11) is 0. The first-order valence-corrected chi connectivity index (χ1v) is 23.6. The summed E-state index contributed by atoms with van der Waals surface area (Å²) >= 11 is 0. The molecule has 0 aliphatic carbocycles. The fraction of sp³-hybridized carbons (Fsp3) is 0. The average Bonchev–Trinajstić information content (AvgIpc) is 4.07. The van der Waals surface area contributed by atoms with E-state index in [-0.39, 0.29) is 0 Å². The summed E-state index contributed by atoms with van der Waals surface area (Å²) in [5, 5.41) is 7.44. The minimum absolute atomic E-state index is 0.903. The number of nitrogens with zero attached hydrogens (tertiary/aromatic N) is 4. The van der Waals surface area contributed by atoms with Gasteiger partial charge in [-0.1, -0.05) is 176 Å². The Morgan fingerprint density at radius 1 is 0.203 bits per heavy atom. The van der Waals surface area contributed by atoms with E-state index in [1.54, 1.807) is 0 Å². The molecule has 0 saturated carbocycles. The summed E-state index contributed by atoms with van der Waals surface area (Å²) in [6, 6.07) is 92.3. The van der Waals surface area contributed by atoms with Gasteiger partial charge in [0.2, 0.25) is 0 Å². The minimum atomic E-state index is 0.903. The van der Waals surface area contributed by atoms with Crippen LogP contribution in [-0.2, 0) is 0 Å². The van der Waals surface area contributed by atoms with E-state index in [0.29, 0.717) is 0 Å². The van der Waals surface area contributed by atoms with E-state index in [9.17, 15) is 0 Å². The molecule has 14 aromatic rings. The molecule has 14 rings (SSSR count). The van der Waals surface area contributed by atoms with Crippen molar-refractivity contribution in [1.29, 1.82) is 0 Å². The lowest BCUT2D eigenvalue weighted by atomic mass is 9.97. The van der Waals surface area contributed by atoms with Crippen LogP contribution in [0.5, 0.6) is 0 Å². The number of aromatic nitrogens is 4. The molecule has 322 valence electrons. The Bertz CT molecular complexity index is 3990. The Labute approximate surface area is 398 Å². The lowest BCUT2D eigenvalue weighted by Crippen LogP contribution is -2.01. The van der Waals surface area contributed by atoms with E-state index in [4.69, 9.17) is 4.98 Å². The third-order valence-electron chi connectivity index (χ3n) is 14.0. The van der Waals surface area contributed by atoms with Gasteiger partial charge in [-0.25, -0.2) is 4.98 Å². The highest BCUT2D eigenvalue weighted by Crippen LogP contribution is 2.40. The van der Waals surface area contributed by atoms with Crippen molar-refractivity contribution in [3.8, 4) is 61.8 Å². The smallest absolute Gasteiger partial charge is 0.0717 e. The second-order valence-electron chi connectivity index (χ2n) is 18.0. The first-order chi connectivity index (χ1) is 34.2. The highest BCUT2D eigenvalue weighted by Gasteiger charge is 2.19. The van der Waals surface area contributed by atoms with Crippen LogP contribution in [0.3, 0.4) is 0 Å². The van der Waals surface area contributed by atoms with Crippen molar-refractivity contribution < 1.29 is 0 Å². The number of para-hydroxylation sites is 6. The van der Waals surface area contributed by atoms with Gasteiger partial charge in [-0.15, -0.1) is 0 Å². The predicted octanol–water partition coefficient (Wildman–Crippen LogP) is 17.0. The second kappa shape index (κ2) is 15.7. The van der Waals surface area contributed by atoms with Crippen LogP contribution in [0.4, 0.5) is 0 Å². The third-order valence-corrected chi connectivity index (χ3v) is 14.0. The van der Waals surface area contributed by atoms with Crippen molar-refractivity contribution in [2.45, 2.75) is 0 Å². The quantitative estimate of drug-likeness (QED) is 0.157. The first-order valence-electron chi connectivity index (χ1n) is 23.6. The molecule has 0 N–H and O–H groups in total. The van der Waals surface area contributed by atoms with Crippen molar-refractivity contribution >= 4 is 65.4 Å². The molecule has 0 saturated heterocycles. The van der Waals surface area contributed by atoms with E-state index in [2.05, 4.69) is 268 Å². The van der Waals surface area contributed by atoms with Gasteiger partial charge in [-0.3, -0.25) is 0 Å². The van der Waals surface area contributed by atoms with Crippen LogP contribution in [0, 0.1) is 0 Å². The Morgan fingerprint density at radius 2 is 0.507 bits per heavy atom. The fourth-order valence-corrected chi connectivity index (χ4v) is 10.9. The molecule has 4 heteroatoms. The van der Waals surface area contributed by atoms with Gasteiger partial charge >= 0.3 is 0 Å². The molecule has 0 atom stereocenters. The lowest BCUT2D eigenvalue weighted by molar-refractivity contribution is 1.13. The van der Waals surface area contributed by atoms with Crippen LogP contribution < -0.4 is 0 Å². The highest BCUT2D eigenvalue weighted by atomic mass is 15.0. The molecule has 0 amide bonds. The minimum Gasteiger partial charge on any atom is -0.309 e. The van der Waals surface area contributed by atoms with Gasteiger partial charge in [-0.2, -0.15) is 0 Å². The summed E-state index contributed by atoms with van der Waals surface area (Å²) in [6.07, 6.45) is 0. The molecule has 0 unspecified atom stereocenters. The molecule has 0 fully saturated rings. The summed E-state index contributed by atoms with van der Waals surface area (Å²) in [5.74, 6) is 0. The summed E-state index contributed by atoms with van der Waals surface area (Å²) in [4.78, 5) is 5.51. The Hall–Kier alpha value is -9.25. The largest absolute Gasteiger partial charge is 0.309 e. The van der Waals surface area contributed by atoms with Gasteiger partial charge in [0.25, 0.3) is 0 Å². The molecule has 0 bridgehead atoms. The predicted molar refractivity (Wildman–Crippen MR) is 289 cm³/mol. The van der Waals surface area contributed by atoms with E-state index in [1.807, 2.05) is 0 Å². The Morgan fingerprint density at radius 3 is 0.899 bits per heavy atom. The molecule has 4 heterocycles. The van der Waals surface area contributed by atoms with Gasteiger partial charge in [0.15, 0.2) is 0 Å². The molecule has 0 aliphatic heterocycles. The van der Waals surface area contributed by atoms with Gasteiger partial charge in [0, 0.05) is 60.5 Å². The average molecular weight is 879 g/mol. The van der Waals surface area contributed by atoms with Crippen LogP contribution in [0.1, 0.15) is 0 Å². The van der Waals surface area contributed by atoms with Crippen LogP contribution in [0.15, 0.2) is 255 Å². The van der Waals surface area contributed by atoms with Crippen LogP contribution >= 0.6 is 0 Å². The summed E-state index contributed by atoms with van der Waals surface area (Å²) in [5.41, 5.74) is 18.9. The van der Waals surface area contributed by atoms with Crippen LogP contribution in [0.2, 0.25) is 0 Å². The summed E-state index contributed by atoms with van der Waals surface area (Å²) < 4.78 is 7.21. The maximum atomic E-state index is 5.51. The standard InChI is InChI=1S/C65H42N4/c1-2-16-46(17-3-1)58-40-47(45-32-30-43(31-33-45)44-34-36-49(37-35-44)67-60-24-10-4-18-52(60)53-19-5-11-25-61(53)67)41-59(66-58)48-38-50(68-62-26-12-6-20-54(62)55-21-7-13-27-63(55)68)42-51(39-48)69-64-28-14-8-22-56(64)57-23-9-15-29-65(57)69/h1-42H. The van der Waals surface area contributed by atoms with Gasteiger partial charge in [-0.05, 0) is 101 Å². The zero-order valence-corrected chi connectivity index (χ0v) is 37.5. The topological polar surface area (TPSA) is 27.7 Å². The number of fused-ring (bicyclic) bond motifs is 9. The van der Waals surface area contributed by atoms with Crippen LogP contribution in [-0.4, -0.2) is 18.7 Å². The van der Waals surface area contributed by atoms with Gasteiger partial charge < -0.3 is 13.7 Å². The zero-order chi connectivity index (χ0) is 45.4. The van der Waals surface area contributed by atoms with Crippen molar-refractivity contribution in [3.05, 3.63) is 255 Å². The lowest BCUT2D eigenvalue weighted by Gasteiger charge is -2.17. The molecule has 4 nitrogen and oxygen atoms in total. The normalized spacial score (nSPS) is 11.8. The second-order valence-corrected chi connectivity index (χ2v) is 18.0. The monoisotopic (exact) mass is 878 g/mol. The number of hydrogen-bond acceptors (Lipinski definition) is 1. The Balaban J connectivity index is 0.924. The number of pyridine rings is 1. The molecular weight excluding hydrogens is 837 g/mol. The van der Waals surface area contributed by atoms with Crippen molar-refractivity contribution in [3.63, 3.8) is 0 Å². The fourth-order valence-electron chi connectivity index (χ4n) is 10.9. The number of rotatable bonds is 7. The van der Waals surface area contributed by atoms with Gasteiger partial charge in [0.05, 0.1) is 44.5 Å².